The highest BCUT2D eigenvalue weighted by molar-refractivity contribution is 4.87. The highest BCUT2D eigenvalue weighted by Gasteiger charge is 2.33. The molecule has 1 aliphatic heterocycles. The number of fused-ring (bicyclic) bond motifs is 1. The predicted molar refractivity (Wildman–Crippen MR) is 80.5 cm³/mol. The van der Waals surface area contributed by atoms with Crippen molar-refractivity contribution in [3.05, 3.63) is 0 Å². The maximum Gasteiger partial charge on any atom is 0.0730 e. The minimum Gasteiger partial charge on any atom is -0.375 e. The van der Waals surface area contributed by atoms with Crippen LogP contribution >= 0.6 is 0 Å². The fraction of sp³-hybridized carbons (Fsp3) is 1.00. The fourth-order valence-corrected chi connectivity index (χ4v) is 3.44. The predicted octanol–water partition coefficient (Wildman–Crippen LogP) is 2.66. The van der Waals surface area contributed by atoms with Crippen LogP contribution < -0.4 is 5.32 Å². The molecule has 0 radical (unpaired) electrons. The summed E-state index contributed by atoms with van der Waals surface area (Å²) >= 11 is 0. The Hall–Kier alpha value is -0.120. The van der Waals surface area contributed by atoms with E-state index in [2.05, 4.69) is 24.1 Å². The van der Waals surface area contributed by atoms with Gasteiger partial charge in [0.2, 0.25) is 0 Å². The third-order valence-electron chi connectivity index (χ3n) is 4.56. The van der Waals surface area contributed by atoms with E-state index in [0.717, 1.165) is 25.6 Å². The first-order chi connectivity index (χ1) is 9.27. The standard InChI is InChI=1S/C16H32N2O/c1-14(2)6-5-9-17-10-11-18-12-13-19-16-8-4-3-7-15(16)18/h14-17H,3-13H2,1-2H3. The van der Waals surface area contributed by atoms with Gasteiger partial charge in [0.15, 0.2) is 0 Å². The van der Waals surface area contributed by atoms with Crippen molar-refractivity contribution in [2.24, 2.45) is 5.92 Å². The van der Waals surface area contributed by atoms with Crippen LogP contribution in [0, 0.1) is 5.92 Å². The zero-order valence-corrected chi connectivity index (χ0v) is 12.9. The van der Waals surface area contributed by atoms with Crippen LogP contribution in [-0.4, -0.2) is 49.8 Å². The molecule has 112 valence electrons. The molecule has 1 N–H and O–H groups in total. The topological polar surface area (TPSA) is 24.5 Å². The Morgan fingerprint density at radius 1 is 1.21 bits per heavy atom. The van der Waals surface area contributed by atoms with E-state index in [4.69, 9.17) is 4.74 Å². The van der Waals surface area contributed by atoms with Gasteiger partial charge >= 0.3 is 0 Å². The number of nitrogens with zero attached hydrogens (tertiary/aromatic N) is 1. The van der Waals surface area contributed by atoms with Crippen LogP contribution in [0.1, 0.15) is 52.4 Å². The summed E-state index contributed by atoms with van der Waals surface area (Å²) in [6.45, 7) is 10.2. The molecule has 1 saturated heterocycles. The minimum atomic E-state index is 0.531. The largest absolute Gasteiger partial charge is 0.375 e. The van der Waals surface area contributed by atoms with Crippen molar-refractivity contribution in [2.75, 3.05) is 32.8 Å². The molecule has 0 amide bonds. The average molecular weight is 268 g/mol. The van der Waals surface area contributed by atoms with E-state index in [-0.39, 0.29) is 0 Å². The number of ether oxygens (including phenoxy) is 1. The Bertz CT molecular complexity index is 243. The number of rotatable bonds is 7. The van der Waals surface area contributed by atoms with Crippen molar-refractivity contribution in [1.29, 1.82) is 0 Å². The molecule has 0 aromatic heterocycles. The normalized spacial score (nSPS) is 28.6. The van der Waals surface area contributed by atoms with Gasteiger partial charge in [-0.15, -0.1) is 0 Å². The molecule has 1 aliphatic carbocycles. The van der Waals surface area contributed by atoms with Gasteiger partial charge in [0.1, 0.15) is 0 Å². The van der Waals surface area contributed by atoms with E-state index < -0.39 is 0 Å². The molecular weight excluding hydrogens is 236 g/mol. The number of hydrogen-bond acceptors (Lipinski definition) is 3. The van der Waals surface area contributed by atoms with Gasteiger partial charge in [0.05, 0.1) is 12.7 Å². The number of hydrogen-bond donors (Lipinski definition) is 1. The van der Waals surface area contributed by atoms with E-state index in [1.807, 2.05) is 0 Å². The zero-order valence-electron chi connectivity index (χ0n) is 12.9. The summed E-state index contributed by atoms with van der Waals surface area (Å²) < 4.78 is 5.92. The monoisotopic (exact) mass is 268 g/mol. The lowest BCUT2D eigenvalue weighted by atomic mass is 9.90. The Kier molecular flexibility index (Phi) is 6.62. The van der Waals surface area contributed by atoms with Crippen molar-refractivity contribution >= 4 is 0 Å². The van der Waals surface area contributed by atoms with Crippen LogP contribution in [0.4, 0.5) is 0 Å². The average Bonchev–Trinajstić information content (AvgIpc) is 2.42. The van der Waals surface area contributed by atoms with E-state index in [1.54, 1.807) is 0 Å². The molecule has 2 rings (SSSR count). The van der Waals surface area contributed by atoms with E-state index in [9.17, 15) is 0 Å². The van der Waals surface area contributed by atoms with Gasteiger partial charge in [0, 0.05) is 25.7 Å². The van der Waals surface area contributed by atoms with Crippen LogP contribution in [-0.2, 0) is 4.74 Å². The van der Waals surface area contributed by atoms with Crippen LogP contribution in [0.2, 0.25) is 0 Å². The number of morpholine rings is 1. The van der Waals surface area contributed by atoms with E-state index >= 15 is 0 Å². The highest BCUT2D eigenvalue weighted by atomic mass is 16.5. The third kappa shape index (κ3) is 5.05. The SMILES string of the molecule is CC(C)CCCNCCN1CCOC2CCCCC21. The van der Waals surface area contributed by atoms with Crippen molar-refractivity contribution in [3.63, 3.8) is 0 Å². The van der Waals surface area contributed by atoms with Gasteiger partial charge < -0.3 is 10.1 Å². The van der Waals surface area contributed by atoms with Gasteiger partial charge in [0.25, 0.3) is 0 Å². The quantitative estimate of drug-likeness (QED) is 0.718. The first-order valence-electron chi connectivity index (χ1n) is 8.33. The summed E-state index contributed by atoms with van der Waals surface area (Å²) in [4.78, 5) is 2.67. The van der Waals surface area contributed by atoms with Crippen molar-refractivity contribution in [1.82, 2.24) is 10.2 Å². The minimum absolute atomic E-state index is 0.531. The van der Waals surface area contributed by atoms with Gasteiger partial charge in [-0.25, -0.2) is 0 Å². The Balaban J connectivity index is 1.59. The first-order valence-corrected chi connectivity index (χ1v) is 8.33. The van der Waals surface area contributed by atoms with Crippen LogP contribution in [0.15, 0.2) is 0 Å². The maximum atomic E-state index is 5.92. The van der Waals surface area contributed by atoms with Crippen LogP contribution in [0.5, 0.6) is 0 Å². The summed E-state index contributed by atoms with van der Waals surface area (Å²) in [5.74, 6) is 0.837. The third-order valence-corrected chi connectivity index (χ3v) is 4.56. The Morgan fingerprint density at radius 2 is 2.05 bits per heavy atom. The Morgan fingerprint density at radius 3 is 2.89 bits per heavy atom. The molecule has 0 aromatic rings. The van der Waals surface area contributed by atoms with Crippen molar-refractivity contribution < 1.29 is 4.74 Å². The second-order valence-corrected chi connectivity index (χ2v) is 6.58. The highest BCUT2D eigenvalue weighted by Crippen LogP contribution is 2.27. The molecule has 3 nitrogen and oxygen atoms in total. The summed E-state index contributed by atoms with van der Waals surface area (Å²) in [5.41, 5.74) is 0. The van der Waals surface area contributed by atoms with Crippen LogP contribution in [0.25, 0.3) is 0 Å². The number of nitrogens with one attached hydrogen (secondary N) is 1. The molecule has 1 saturated carbocycles. The summed E-state index contributed by atoms with van der Waals surface area (Å²) in [5, 5.41) is 3.60. The lowest BCUT2D eigenvalue weighted by molar-refractivity contribution is -0.0873. The van der Waals surface area contributed by atoms with Gasteiger partial charge in [-0.05, 0) is 38.1 Å². The molecular formula is C16H32N2O. The second kappa shape index (κ2) is 8.23. The second-order valence-electron chi connectivity index (χ2n) is 6.58. The first kappa shape index (κ1) is 15.3. The van der Waals surface area contributed by atoms with Crippen molar-refractivity contribution in [3.8, 4) is 0 Å². The van der Waals surface area contributed by atoms with Crippen LogP contribution in [0.3, 0.4) is 0 Å². The van der Waals surface area contributed by atoms with Crippen molar-refractivity contribution in [2.45, 2.75) is 64.5 Å². The molecule has 2 atom stereocenters. The zero-order chi connectivity index (χ0) is 13.5. The summed E-state index contributed by atoms with van der Waals surface area (Å²) in [7, 11) is 0. The van der Waals surface area contributed by atoms with Gasteiger partial charge in [-0.1, -0.05) is 26.7 Å². The van der Waals surface area contributed by atoms with Gasteiger partial charge in [-0.3, -0.25) is 4.90 Å². The van der Waals surface area contributed by atoms with Gasteiger partial charge in [-0.2, -0.15) is 0 Å². The lowest BCUT2D eigenvalue weighted by Gasteiger charge is -2.43. The molecule has 2 unspecified atom stereocenters. The molecule has 3 heteroatoms. The maximum absolute atomic E-state index is 5.92. The molecule has 2 fully saturated rings. The van der Waals surface area contributed by atoms with E-state index in [0.29, 0.717) is 12.1 Å². The van der Waals surface area contributed by atoms with E-state index in [1.165, 1.54) is 51.6 Å². The molecule has 0 bridgehead atoms. The molecule has 0 spiro atoms. The summed E-state index contributed by atoms with van der Waals surface area (Å²) in [6.07, 6.45) is 8.57. The Labute approximate surface area is 119 Å². The molecule has 2 aliphatic rings. The lowest BCUT2D eigenvalue weighted by Crippen LogP contribution is -2.54. The molecule has 0 aromatic carbocycles. The molecule has 19 heavy (non-hydrogen) atoms. The fourth-order valence-electron chi connectivity index (χ4n) is 3.44. The summed E-state index contributed by atoms with van der Waals surface area (Å²) in [6, 6.07) is 0.708. The molecule has 1 heterocycles. The smallest absolute Gasteiger partial charge is 0.0730 e.